The number of benzene rings is 1. The number of aromatic nitrogens is 1. The summed E-state index contributed by atoms with van der Waals surface area (Å²) in [5.41, 5.74) is 2.56. The van der Waals surface area contributed by atoms with Crippen LogP contribution in [0.5, 0.6) is 0 Å². The first-order valence-corrected chi connectivity index (χ1v) is 10.9. The number of ether oxygens (including phenoxy) is 2. The van der Waals surface area contributed by atoms with E-state index in [1.54, 1.807) is 13.1 Å². The van der Waals surface area contributed by atoms with Crippen molar-refractivity contribution in [2.75, 3.05) is 13.2 Å². The fourth-order valence-corrected chi connectivity index (χ4v) is 3.37. The summed E-state index contributed by atoms with van der Waals surface area (Å²) in [6.45, 7) is 10.8. The van der Waals surface area contributed by atoms with Crippen LogP contribution in [0.3, 0.4) is 0 Å². The van der Waals surface area contributed by atoms with Crippen LogP contribution in [0.1, 0.15) is 68.2 Å². The lowest BCUT2D eigenvalue weighted by molar-refractivity contribution is -0.156. The Kier molecular flexibility index (Phi) is 9.19. The third kappa shape index (κ3) is 8.13. The number of esters is 2. The maximum Gasteiger partial charge on any atom is 0.340 e. The van der Waals surface area contributed by atoms with E-state index in [0.29, 0.717) is 31.7 Å². The Hall–Kier alpha value is -2.73. The molecule has 0 fully saturated rings. The van der Waals surface area contributed by atoms with E-state index in [0.717, 1.165) is 23.2 Å². The van der Waals surface area contributed by atoms with Crippen LogP contribution in [0.25, 0.3) is 0 Å². The SMILES string of the molecule is CCCc1nccc(CN(CC(=O)OC(C)(C)C)Cc2ccccc2)c1C(=O)OCC. The number of aryl methyl sites for hydroxylation is 1. The average Bonchev–Trinajstić information content (AvgIpc) is 2.68. The molecule has 31 heavy (non-hydrogen) atoms. The molecule has 0 radical (unpaired) electrons. The van der Waals surface area contributed by atoms with Gasteiger partial charge in [-0.05, 0) is 51.3 Å². The Balaban J connectivity index is 2.35. The molecule has 0 aliphatic carbocycles. The van der Waals surface area contributed by atoms with E-state index < -0.39 is 5.60 Å². The van der Waals surface area contributed by atoms with Crippen molar-refractivity contribution < 1.29 is 19.1 Å². The van der Waals surface area contributed by atoms with Gasteiger partial charge in [-0.25, -0.2) is 4.79 Å². The van der Waals surface area contributed by atoms with Crippen molar-refractivity contribution in [1.29, 1.82) is 0 Å². The molecule has 2 aromatic rings. The molecule has 0 bridgehead atoms. The Labute approximate surface area is 185 Å². The third-order valence-electron chi connectivity index (χ3n) is 4.50. The zero-order chi connectivity index (χ0) is 22.9. The predicted molar refractivity (Wildman–Crippen MR) is 121 cm³/mol. The molecule has 1 aromatic carbocycles. The minimum atomic E-state index is -0.559. The second-order valence-corrected chi connectivity index (χ2v) is 8.48. The first-order valence-electron chi connectivity index (χ1n) is 10.9. The van der Waals surface area contributed by atoms with Crippen LogP contribution in [0.4, 0.5) is 0 Å². The van der Waals surface area contributed by atoms with Crippen LogP contribution in [0.2, 0.25) is 0 Å². The topological polar surface area (TPSA) is 68.7 Å². The normalized spacial score (nSPS) is 11.4. The molecule has 0 N–H and O–H groups in total. The Morgan fingerprint density at radius 2 is 1.74 bits per heavy atom. The standard InChI is InChI=1S/C25H34N2O4/c1-6-11-21-23(24(29)30-7-2)20(14-15-26-21)17-27(16-19-12-9-8-10-13-19)18-22(28)31-25(3,4)5/h8-10,12-15H,6-7,11,16-18H2,1-5H3. The van der Waals surface area contributed by atoms with Crippen molar-refractivity contribution in [3.05, 3.63) is 65.0 Å². The van der Waals surface area contributed by atoms with E-state index in [2.05, 4.69) is 4.98 Å². The van der Waals surface area contributed by atoms with Gasteiger partial charge in [0.15, 0.2) is 0 Å². The lowest BCUT2D eigenvalue weighted by atomic mass is 10.0. The number of carbonyl (C=O) groups excluding carboxylic acids is 2. The fourth-order valence-electron chi connectivity index (χ4n) is 3.37. The minimum Gasteiger partial charge on any atom is -0.462 e. The predicted octanol–water partition coefficient (Wildman–Crippen LogP) is 4.55. The quantitative estimate of drug-likeness (QED) is 0.519. The number of carbonyl (C=O) groups is 2. The van der Waals surface area contributed by atoms with Gasteiger partial charge in [0, 0.05) is 19.3 Å². The molecular weight excluding hydrogens is 392 g/mol. The molecule has 0 aliphatic rings. The van der Waals surface area contributed by atoms with E-state index >= 15 is 0 Å². The Morgan fingerprint density at radius 3 is 2.35 bits per heavy atom. The highest BCUT2D eigenvalue weighted by Crippen LogP contribution is 2.20. The average molecular weight is 427 g/mol. The molecule has 1 heterocycles. The monoisotopic (exact) mass is 426 g/mol. The van der Waals surface area contributed by atoms with Crippen LogP contribution < -0.4 is 0 Å². The molecule has 0 spiro atoms. The van der Waals surface area contributed by atoms with Crippen LogP contribution >= 0.6 is 0 Å². The number of hydrogen-bond donors (Lipinski definition) is 0. The molecule has 168 valence electrons. The number of pyridine rings is 1. The molecule has 0 unspecified atom stereocenters. The third-order valence-corrected chi connectivity index (χ3v) is 4.50. The maximum absolute atomic E-state index is 12.7. The molecule has 6 nitrogen and oxygen atoms in total. The van der Waals surface area contributed by atoms with Crippen LogP contribution in [-0.2, 0) is 33.8 Å². The van der Waals surface area contributed by atoms with E-state index in [-0.39, 0.29) is 18.5 Å². The summed E-state index contributed by atoms with van der Waals surface area (Å²) in [4.78, 5) is 31.7. The molecule has 0 saturated carbocycles. The van der Waals surface area contributed by atoms with Crippen molar-refractivity contribution in [2.45, 2.75) is 66.2 Å². The molecule has 0 saturated heterocycles. The van der Waals surface area contributed by atoms with Gasteiger partial charge in [0.1, 0.15) is 5.60 Å². The highest BCUT2D eigenvalue weighted by atomic mass is 16.6. The summed E-state index contributed by atoms with van der Waals surface area (Å²) in [5, 5.41) is 0. The molecular formula is C25H34N2O4. The first-order chi connectivity index (χ1) is 14.7. The van der Waals surface area contributed by atoms with Gasteiger partial charge in [-0.1, -0.05) is 43.7 Å². The summed E-state index contributed by atoms with van der Waals surface area (Å²) < 4.78 is 10.9. The van der Waals surface area contributed by atoms with Gasteiger partial charge in [-0.3, -0.25) is 14.7 Å². The summed E-state index contributed by atoms with van der Waals surface area (Å²) >= 11 is 0. The van der Waals surface area contributed by atoms with E-state index in [4.69, 9.17) is 9.47 Å². The van der Waals surface area contributed by atoms with Crippen molar-refractivity contribution in [2.24, 2.45) is 0 Å². The lowest BCUT2D eigenvalue weighted by Crippen LogP contribution is -2.35. The van der Waals surface area contributed by atoms with Crippen molar-refractivity contribution >= 4 is 11.9 Å². The fraction of sp³-hybridized carbons (Fsp3) is 0.480. The summed E-state index contributed by atoms with van der Waals surface area (Å²) in [7, 11) is 0. The van der Waals surface area contributed by atoms with E-state index in [9.17, 15) is 9.59 Å². The Bertz CT molecular complexity index is 860. The van der Waals surface area contributed by atoms with Crippen LogP contribution in [-0.4, -0.2) is 40.6 Å². The van der Waals surface area contributed by atoms with Crippen molar-refractivity contribution in [3.63, 3.8) is 0 Å². The van der Waals surface area contributed by atoms with Crippen LogP contribution in [0, 0.1) is 0 Å². The van der Waals surface area contributed by atoms with Gasteiger partial charge >= 0.3 is 11.9 Å². The summed E-state index contributed by atoms with van der Waals surface area (Å²) in [6, 6.07) is 11.8. The summed E-state index contributed by atoms with van der Waals surface area (Å²) in [5.74, 6) is -0.671. The lowest BCUT2D eigenvalue weighted by Gasteiger charge is -2.26. The number of rotatable bonds is 10. The first kappa shape index (κ1) is 24.5. The number of hydrogen-bond acceptors (Lipinski definition) is 6. The largest absolute Gasteiger partial charge is 0.462 e. The molecule has 6 heteroatoms. The zero-order valence-corrected chi connectivity index (χ0v) is 19.3. The van der Waals surface area contributed by atoms with Gasteiger partial charge in [0.05, 0.1) is 24.4 Å². The van der Waals surface area contributed by atoms with Crippen LogP contribution in [0.15, 0.2) is 42.6 Å². The highest BCUT2D eigenvalue weighted by Gasteiger charge is 2.23. The van der Waals surface area contributed by atoms with E-state index in [1.807, 2.05) is 69.0 Å². The molecule has 2 rings (SSSR count). The number of nitrogens with zero attached hydrogens (tertiary/aromatic N) is 2. The molecule has 0 atom stereocenters. The summed E-state index contributed by atoms with van der Waals surface area (Å²) in [6.07, 6.45) is 3.28. The smallest absolute Gasteiger partial charge is 0.340 e. The van der Waals surface area contributed by atoms with Gasteiger partial charge in [-0.15, -0.1) is 0 Å². The zero-order valence-electron chi connectivity index (χ0n) is 19.3. The highest BCUT2D eigenvalue weighted by molar-refractivity contribution is 5.92. The van der Waals surface area contributed by atoms with Gasteiger partial charge in [0.2, 0.25) is 0 Å². The van der Waals surface area contributed by atoms with Crippen molar-refractivity contribution in [1.82, 2.24) is 9.88 Å². The second-order valence-electron chi connectivity index (χ2n) is 8.48. The molecule has 1 aromatic heterocycles. The van der Waals surface area contributed by atoms with Crippen molar-refractivity contribution in [3.8, 4) is 0 Å². The minimum absolute atomic E-state index is 0.111. The van der Waals surface area contributed by atoms with Gasteiger partial charge in [-0.2, -0.15) is 0 Å². The van der Waals surface area contributed by atoms with E-state index in [1.165, 1.54) is 0 Å². The molecule has 0 aliphatic heterocycles. The Morgan fingerprint density at radius 1 is 1.03 bits per heavy atom. The molecule has 0 amide bonds. The van der Waals surface area contributed by atoms with Gasteiger partial charge < -0.3 is 9.47 Å². The maximum atomic E-state index is 12.7. The van der Waals surface area contributed by atoms with Gasteiger partial charge in [0.25, 0.3) is 0 Å². The second kappa shape index (κ2) is 11.6.